The van der Waals surface area contributed by atoms with Crippen molar-refractivity contribution in [2.24, 2.45) is 0 Å². The number of aryl methyl sites for hydroxylation is 1. The number of nitro benzene ring substituents is 1. The molecule has 30 heavy (non-hydrogen) atoms. The molecule has 150 valence electrons. The summed E-state index contributed by atoms with van der Waals surface area (Å²) >= 11 is 1.25. The molecule has 0 atom stereocenters. The van der Waals surface area contributed by atoms with Gasteiger partial charge in [0.05, 0.1) is 10.7 Å². The van der Waals surface area contributed by atoms with E-state index in [-0.39, 0.29) is 17.3 Å². The van der Waals surface area contributed by atoms with Crippen molar-refractivity contribution in [2.45, 2.75) is 11.9 Å². The zero-order valence-electron chi connectivity index (χ0n) is 15.8. The van der Waals surface area contributed by atoms with Crippen molar-refractivity contribution >= 4 is 34.7 Å². The van der Waals surface area contributed by atoms with Crippen LogP contribution in [0.5, 0.6) is 0 Å². The number of hydrogen-bond acceptors (Lipinski definition) is 7. The molecule has 9 nitrogen and oxygen atoms in total. The monoisotopic (exact) mass is 420 g/mol. The molecule has 0 spiro atoms. The Morgan fingerprint density at radius 2 is 1.93 bits per heavy atom. The molecule has 0 aliphatic heterocycles. The van der Waals surface area contributed by atoms with Crippen LogP contribution in [0.25, 0.3) is 17.0 Å². The van der Waals surface area contributed by atoms with E-state index in [1.54, 1.807) is 22.7 Å². The van der Waals surface area contributed by atoms with Gasteiger partial charge in [0, 0.05) is 23.4 Å². The van der Waals surface area contributed by atoms with E-state index in [0.29, 0.717) is 22.2 Å². The molecule has 0 aliphatic carbocycles. The summed E-state index contributed by atoms with van der Waals surface area (Å²) < 4.78 is 1.64. The highest BCUT2D eigenvalue weighted by Gasteiger charge is 2.12. The fourth-order valence-corrected chi connectivity index (χ4v) is 3.42. The Morgan fingerprint density at radius 3 is 2.70 bits per heavy atom. The fourth-order valence-electron chi connectivity index (χ4n) is 2.77. The maximum Gasteiger partial charge on any atom is 0.271 e. The minimum absolute atomic E-state index is 0.0798. The third-order valence-electron chi connectivity index (χ3n) is 4.24. The zero-order valence-corrected chi connectivity index (χ0v) is 16.7. The van der Waals surface area contributed by atoms with Gasteiger partial charge in [-0.25, -0.2) is 0 Å². The molecule has 0 fully saturated rings. The minimum Gasteiger partial charge on any atom is -0.325 e. The first kappa shape index (κ1) is 19.5. The van der Waals surface area contributed by atoms with Crippen molar-refractivity contribution in [1.82, 2.24) is 19.8 Å². The smallest absolute Gasteiger partial charge is 0.271 e. The summed E-state index contributed by atoms with van der Waals surface area (Å²) in [4.78, 5) is 22.6. The fraction of sp³-hybridized carbons (Fsp3) is 0.100. The van der Waals surface area contributed by atoms with Crippen molar-refractivity contribution in [1.29, 1.82) is 0 Å². The quantitative estimate of drug-likeness (QED) is 0.287. The van der Waals surface area contributed by atoms with Crippen LogP contribution in [0.1, 0.15) is 5.56 Å². The highest BCUT2D eigenvalue weighted by atomic mass is 32.2. The predicted octanol–water partition coefficient (Wildman–Crippen LogP) is 3.74. The molecular weight excluding hydrogens is 404 g/mol. The first-order valence-corrected chi connectivity index (χ1v) is 9.95. The average molecular weight is 420 g/mol. The summed E-state index contributed by atoms with van der Waals surface area (Å²) in [5.41, 5.74) is 2.94. The number of hydrogen-bond donors (Lipinski definition) is 1. The van der Waals surface area contributed by atoms with E-state index in [9.17, 15) is 14.9 Å². The van der Waals surface area contributed by atoms with Crippen LogP contribution in [-0.2, 0) is 4.79 Å². The molecule has 0 bridgehead atoms. The van der Waals surface area contributed by atoms with Crippen LogP contribution in [0, 0.1) is 17.0 Å². The van der Waals surface area contributed by atoms with Crippen LogP contribution >= 0.6 is 11.8 Å². The number of benzene rings is 2. The van der Waals surface area contributed by atoms with Crippen molar-refractivity contribution in [3.63, 3.8) is 0 Å². The molecule has 2 heterocycles. The van der Waals surface area contributed by atoms with E-state index in [4.69, 9.17) is 0 Å². The van der Waals surface area contributed by atoms with Gasteiger partial charge in [-0.15, -0.1) is 10.2 Å². The Bertz CT molecular complexity index is 1240. The molecule has 10 heteroatoms. The van der Waals surface area contributed by atoms with Crippen molar-refractivity contribution in [2.75, 3.05) is 11.1 Å². The van der Waals surface area contributed by atoms with Crippen molar-refractivity contribution < 1.29 is 9.72 Å². The first-order valence-electron chi connectivity index (χ1n) is 8.96. The van der Waals surface area contributed by atoms with Crippen LogP contribution in [0.4, 0.5) is 11.4 Å². The van der Waals surface area contributed by atoms with E-state index in [1.165, 1.54) is 30.0 Å². The second-order valence-electron chi connectivity index (χ2n) is 6.48. The van der Waals surface area contributed by atoms with E-state index in [0.717, 1.165) is 11.1 Å². The maximum atomic E-state index is 12.2. The Hall–Kier alpha value is -3.79. The molecular formula is C20H16N6O3S. The van der Waals surface area contributed by atoms with Gasteiger partial charge in [-0.2, -0.15) is 9.61 Å². The number of non-ortho nitro benzene ring substituents is 1. The number of carbonyl (C=O) groups excluding carboxylic acids is 1. The molecule has 2 aromatic carbocycles. The third kappa shape index (κ3) is 4.28. The summed E-state index contributed by atoms with van der Waals surface area (Å²) in [6.45, 7) is 2.01. The van der Waals surface area contributed by atoms with Gasteiger partial charge in [0.2, 0.25) is 5.91 Å². The molecule has 0 unspecified atom stereocenters. The van der Waals surface area contributed by atoms with E-state index in [1.807, 2.05) is 31.2 Å². The van der Waals surface area contributed by atoms with Gasteiger partial charge < -0.3 is 5.32 Å². The van der Waals surface area contributed by atoms with Crippen LogP contribution < -0.4 is 5.32 Å². The van der Waals surface area contributed by atoms with Gasteiger partial charge in [-0.3, -0.25) is 14.9 Å². The van der Waals surface area contributed by atoms with Gasteiger partial charge in [0.25, 0.3) is 5.69 Å². The van der Waals surface area contributed by atoms with Crippen LogP contribution in [0.2, 0.25) is 0 Å². The van der Waals surface area contributed by atoms with Crippen molar-refractivity contribution in [3.05, 3.63) is 76.3 Å². The zero-order chi connectivity index (χ0) is 21.1. The van der Waals surface area contributed by atoms with Gasteiger partial charge in [0.1, 0.15) is 5.03 Å². The number of fused-ring (bicyclic) bond motifs is 1. The predicted molar refractivity (Wildman–Crippen MR) is 113 cm³/mol. The Balaban J connectivity index is 1.47. The lowest BCUT2D eigenvalue weighted by Gasteiger charge is -2.05. The number of anilines is 1. The molecule has 0 aliphatic rings. The number of carbonyl (C=O) groups is 1. The summed E-state index contributed by atoms with van der Waals surface area (Å²) in [7, 11) is 0. The molecule has 4 aromatic rings. The molecule has 0 saturated heterocycles. The van der Waals surface area contributed by atoms with Gasteiger partial charge >= 0.3 is 0 Å². The number of thioether (sulfide) groups is 1. The molecule has 4 rings (SSSR count). The van der Waals surface area contributed by atoms with Gasteiger partial charge in [-0.05, 0) is 25.1 Å². The third-order valence-corrected chi connectivity index (χ3v) is 5.16. The maximum absolute atomic E-state index is 12.2. The van der Waals surface area contributed by atoms with Crippen LogP contribution in [0.3, 0.4) is 0 Å². The van der Waals surface area contributed by atoms with Gasteiger partial charge in [0.15, 0.2) is 11.5 Å². The van der Waals surface area contributed by atoms with E-state index >= 15 is 0 Å². The molecule has 0 radical (unpaired) electrons. The first-order chi connectivity index (χ1) is 14.5. The SMILES string of the molecule is Cc1ccc(-c2nnc3ccc(SCC(=O)Nc4cccc([N+](=O)[O-])c4)nn23)cc1. The summed E-state index contributed by atoms with van der Waals surface area (Å²) in [5.74, 6) is 0.432. The molecule has 0 saturated carbocycles. The molecule has 1 amide bonds. The summed E-state index contributed by atoms with van der Waals surface area (Å²) in [6, 6.07) is 17.3. The second kappa shape index (κ2) is 8.29. The lowest BCUT2D eigenvalue weighted by atomic mass is 10.1. The van der Waals surface area contributed by atoms with Crippen LogP contribution in [-0.4, -0.2) is 36.4 Å². The topological polar surface area (TPSA) is 115 Å². The molecule has 2 aromatic heterocycles. The van der Waals surface area contributed by atoms with Gasteiger partial charge in [-0.1, -0.05) is 47.7 Å². The lowest BCUT2D eigenvalue weighted by molar-refractivity contribution is -0.384. The van der Waals surface area contributed by atoms with E-state index < -0.39 is 4.92 Å². The summed E-state index contributed by atoms with van der Waals surface area (Å²) in [6.07, 6.45) is 0. The largest absolute Gasteiger partial charge is 0.325 e. The standard InChI is InChI=1S/C20H16N6O3S/c1-13-5-7-14(8-6-13)20-23-22-17-9-10-19(24-25(17)20)30-12-18(27)21-15-3-2-4-16(11-15)26(28)29/h2-11H,12H2,1H3,(H,21,27). The van der Waals surface area contributed by atoms with Crippen LogP contribution in [0.15, 0.2) is 65.7 Å². The summed E-state index contributed by atoms with van der Waals surface area (Å²) in [5, 5.41) is 27.0. The Morgan fingerprint density at radius 1 is 1.13 bits per heavy atom. The number of nitrogens with one attached hydrogen (secondary N) is 1. The van der Waals surface area contributed by atoms with E-state index in [2.05, 4.69) is 20.6 Å². The number of nitro groups is 1. The normalized spacial score (nSPS) is 10.8. The second-order valence-corrected chi connectivity index (χ2v) is 7.47. The highest BCUT2D eigenvalue weighted by Crippen LogP contribution is 2.22. The lowest BCUT2D eigenvalue weighted by Crippen LogP contribution is -2.14. The number of amides is 1. The van der Waals surface area contributed by atoms with Crippen molar-refractivity contribution in [3.8, 4) is 11.4 Å². The minimum atomic E-state index is -0.506. The number of rotatable bonds is 6. The Labute approximate surface area is 175 Å². The number of nitrogens with zero attached hydrogens (tertiary/aromatic N) is 5. The molecule has 1 N–H and O–H groups in total. The highest BCUT2D eigenvalue weighted by molar-refractivity contribution is 7.99. The average Bonchev–Trinajstić information content (AvgIpc) is 3.16. The number of aromatic nitrogens is 4. The Kier molecular flexibility index (Phi) is 5.40.